The van der Waals surface area contributed by atoms with Gasteiger partial charge < -0.3 is 10.2 Å². The molecular formula is C22H16F3N3O4. The van der Waals surface area contributed by atoms with Gasteiger partial charge in [0.05, 0.1) is 29.4 Å². The smallest absolute Gasteiger partial charge is 0.417 e. The number of hydrogen-bond acceptors (Lipinski definition) is 5. The molecule has 164 valence electrons. The second-order valence-corrected chi connectivity index (χ2v) is 6.98. The number of carbonyl (C=O) groups is 2. The number of nitrogens with zero attached hydrogens (tertiary/aromatic N) is 3. The summed E-state index contributed by atoms with van der Waals surface area (Å²) in [7, 11) is 0. The number of alkyl halides is 3. The summed E-state index contributed by atoms with van der Waals surface area (Å²) >= 11 is 0. The van der Waals surface area contributed by atoms with Crippen LogP contribution < -0.4 is 4.90 Å². The zero-order chi connectivity index (χ0) is 23.7. The maximum Gasteiger partial charge on any atom is 0.417 e. The van der Waals surface area contributed by atoms with E-state index < -0.39 is 41.4 Å². The molecule has 1 fully saturated rings. The van der Waals surface area contributed by atoms with Crippen LogP contribution >= 0.6 is 0 Å². The fraction of sp³-hybridized carbons (Fsp3) is 0.227. The molecule has 3 rings (SSSR count). The Hall–Kier alpha value is -4.02. The molecule has 1 unspecified atom stereocenters. The molecule has 0 radical (unpaired) electrons. The van der Waals surface area contributed by atoms with Gasteiger partial charge in [-0.3, -0.25) is 9.69 Å². The first-order chi connectivity index (χ1) is 15.1. The van der Waals surface area contributed by atoms with E-state index in [9.17, 15) is 27.9 Å². The van der Waals surface area contributed by atoms with E-state index in [-0.39, 0.29) is 18.0 Å². The third-order valence-corrected chi connectivity index (χ3v) is 5.14. The van der Waals surface area contributed by atoms with Gasteiger partial charge in [-0.15, -0.1) is 0 Å². The van der Waals surface area contributed by atoms with Crippen molar-refractivity contribution in [2.45, 2.75) is 18.6 Å². The van der Waals surface area contributed by atoms with Crippen molar-refractivity contribution in [3.05, 3.63) is 59.2 Å². The Bertz CT molecular complexity index is 1180. The third kappa shape index (κ3) is 3.72. The van der Waals surface area contributed by atoms with Crippen LogP contribution in [0.15, 0.2) is 42.5 Å². The van der Waals surface area contributed by atoms with Gasteiger partial charge in [-0.2, -0.15) is 18.4 Å². The lowest BCUT2D eigenvalue weighted by Gasteiger charge is -2.30. The molecule has 1 atom stereocenters. The number of aliphatic hydroxyl groups excluding tert-OH is 1. The largest absolute Gasteiger partial charge is 0.508 e. The molecular weight excluding hydrogens is 427 g/mol. The topological polar surface area (TPSA) is 105 Å². The van der Waals surface area contributed by atoms with Crippen molar-refractivity contribution in [3.8, 4) is 23.7 Å². The average Bonchev–Trinajstić information content (AvgIpc) is 2.94. The summed E-state index contributed by atoms with van der Waals surface area (Å²) in [6, 6.07) is 8.53. The number of urea groups is 1. The van der Waals surface area contributed by atoms with Gasteiger partial charge in [0.15, 0.2) is 0 Å². The first kappa shape index (κ1) is 22.7. The van der Waals surface area contributed by atoms with Crippen molar-refractivity contribution in [1.82, 2.24) is 4.90 Å². The van der Waals surface area contributed by atoms with Gasteiger partial charge in [0, 0.05) is 0 Å². The molecule has 1 heterocycles. The minimum Gasteiger partial charge on any atom is -0.508 e. The van der Waals surface area contributed by atoms with Crippen molar-refractivity contribution in [1.29, 1.82) is 5.26 Å². The average molecular weight is 443 g/mol. The number of amides is 3. The molecule has 10 heteroatoms. The number of nitriles is 1. The minimum atomic E-state index is -4.88. The molecule has 1 aliphatic rings. The summed E-state index contributed by atoms with van der Waals surface area (Å²) in [6.07, 6.45) is -4.88. The van der Waals surface area contributed by atoms with Crippen LogP contribution in [0.2, 0.25) is 0 Å². The van der Waals surface area contributed by atoms with Crippen LogP contribution in [0.5, 0.6) is 5.75 Å². The van der Waals surface area contributed by atoms with Crippen molar-refractivity contribution in [3.63, 3.8) is 0 Å². The monoisotopic (exact) mass is 443 g/mol. The van der Waals surface area contributed by atoms with E-state index in [1.807, 2.05) is 0 Å². The lowest BCUT2D eigenvalue weighted by molar-refractivity contribution is -0.137. The molecule has 0 saturated carbocycles. The Morgan fingerprint density at radius 1 is 1.09 bits per heavy atom. The molecule has 7 nitrogen and oxygen atoms in total. The first-order valence-corrected chi connectivity index (χ1v) is 9.19. The van der Waals surface area contributed by atoms with E-state index in [4.69, 9.17) is 10.4 Å². The zero-order valence-corrected chi connectivity index (χ0v) is 16.6. The number of benzene rings is 2. The van der Waals surface area contributed by atoms with Gasteiger partial charge >= 0.3 is 12.2 Å². The zero-order valence-electron chi connectivity index (χ0n) is 16.6. The van der Waals surface area contributed by atoms with Crippen LogP contribution in [0.3, 0.4) is 0 Å². The molecule has 1 aliphatic heterocycles. The maximum absolute atomic E-state index is 13.4. The summed E-state index contributed by atoms with van der Waals surface area (Å²) in [6.45, 7) is 0.635. The van der Waals surface area contributed by atoms with Crippen molar-refractivity contribution in [2.24, 2.45) is 0 Å². The summed E-state index contributed by atoms with van der Waals surface area (Å²) < 4.78 is 40.3. The molecule has 32 heavy (non-hydrogen) atoms. The molecule has 0 spiro atoms. The van der Waals surface area contributed by atoms with Crippen LogP contribution in [0.1, 0.15) is 23.6 Å². The third-order valence-electron chi connectivity index (χ3n) is 5.14. The summed E-state index contributed by atoms with van der Waals surface area (Å²) in [5.41, 5.74) is -3.63. The minimum absolute atomic E-state index is 0.0838. The number of anilines is 1. The quantitative estimate of drug-likeness (QED) is 0.561. The molecule has 0 bridgehead atoms. The lowest BCUT2D eigenvalue weighted by atomic mass is 9.90. The van der Waals surface area contributed by atoms with Gasteiger partial charge in [0.25, 0.3) is 5.91 Å². The standard InChI is InChI=1S/C22H16F3N3O4/c1-21(15-5-8-17(30)9-6-15)19(31)28(20(32)27(21)10-2-3-11-29)16-7-4-14(13-26)18(12-16)22(23,24)25/h4-9,12,29-30H,10-11H2,1H3. The van der Waals surface area contributed by atoms with E-state index in [0.29, 0.717) is 16.5 Å². The predicted octanol–water partition coefficient (Wildman–Crippen LogP) is 2.96. The van der Waals surface area contributed by atoms with Gasteiger partial charge in [-0.25, -0.2) is 9.69 Å². The second kappa shape index (κ2) is 8.25. The Balaban J connectivity index is 2.17. The van der Waals surface area contributed by atoms with Crippen molar-refractivity contribution in [2.75, 3.05) is 18.1 Å². The van der Waals surface area contributed by atoms with Crippen LogP contribution in [-0.4, -0.2) is 40.2 Å². The van der Waals surface area contributed by atoms with Gasteiger partial charge in [0.1, 0.15) is 17.9 Å². The Morgan fingerprint density at radius 3 is 2.31 bits per heavy atom. The molecule has 3 amide bonds. The molecule has 0 aromatic heterocycles. The van der Waals surface area contributed by atoms with E-state index in [1.165, 1.54) is 37.3 Å². The fourth-order valence-corrected chi connectivity index (χ4v) is 3.44. The number of halogens is 3. The van der Waals surface area contributed by atoms with Crippen molar-refractivity contribution >= 4 is 17.6 Å². The van der Waals surface area contributed by atoms with E-state index in [2.05, 4.69) is 11.8 Å². The van der Waals surface area contributed by atoms with Gasteiger partial charge in [0.2, 0.25) is 0 Å². The van der Waals surface area contributed by atoms with Crippen LogP contribution in [0, 0.1) is 23.2 Å². The fourth-order valence-electron chi connectivity index (χ4n) is 3.44. The molecule has 2 aromatic carbocycles. The van der Waals surface area contributed by atoms with Gasteiger partial charge in [-0.1, -0.05) is 24.0 Å². The van der Waals surface area contributed by atoms with Gasteiger partial charge in [-0.05, 0) is 42.8 Å². The summed E-state index contributed by atoms with van der Waals surface area (Å²) in [4.78, 5) is 28.3. The van der Waals surface area contributed by atoms with E-state index in [0.717, 1.165) is 17.0 Å². The highest BCUT2D eigenvalue weighted by atomic mass is 19.4. The second-order valence-electron chi connectivity index (χ2n) is 6.98. The highest BCUT2D eigenvalue weighted by molar-refractivity contribution is 6.23. The lowest BCUT2D eigenvalue weighted by Crippen LogP contribution is -2.44. The van der Waals surface area contributed by atoms with Crippen molar-refractivity contribution < 1.29 is 33.0 Å². The number of phenolic OH excluding ortho intramolecular Hbond substituents is 1. The Labute approximate surface area is 180 Å². The van der Waals surface area contributed by atoms with Crippen LogP contribution in [-0.2, 0) is 16.5 Å². The number of hydrogen-bond donors (Lipinski definition) is 2. The van der Waals surface area contributed by atoms with E-state index in [1.54, 1.807) is 0 Å². The Kier molecular flexibility index (Phi) is 5.84. The van der Waals surface area contributed by atoms with E-state index >= 15 is 0 Å². The number of carbonyl (C=O) groups excluding carboxylic acids is 2. The number of phenols is 1. The first-order valence-electron chi connectivity index (χ1n) is 9.19. The Morgan fingerprint density at radius 2 is 1.75 bits per heavy atom. The van der Waals surface area contributed by atoms with Crippen LogP contribution in [0.25, 0.3) is 0 Å². The number of aromatic hydroxyl groups is 1. The SMILES string of the molecule is CC1(c2ccc(O)cc2)C(=O)N(c2ccc(C#N)c(C(F)(F)F)c2)C(=O)N1CC#CCO. The molecule has 2 N–H and O–H groups in total. The van der Waals surface area contributed by atoms with Crippen LogP contribution in [0.4, 0.5) is 23.7 Å². The normalized spacial score (nSPS) is 18.4. The summed E-state index contributed by atoms with van der Waals surface area (Å²) in [5, 5.41) is 27.5. The predicted molar refractivity (Wildman–Crippen MR) is 106 cm³/mol. The highest BCUT2D eigenvalue weighted by Crippen LogP contribution is 2.41. The molecule has 0 aliphatic carbocycles. The number of rotatable bonds is 3. The molecule has 2 aromatic rings. The molecule has 1 saturated heterocycles. The number of aliphatic hydroxyl groups is 1. The number of imide groups is 1. The maximum atomic E-state index is 13.4. The highest BCUT2D eigenvalue weighted by Gasteiger charge is 2.56. The summed E-state index contributed by atoms with van der Waals surface area (Å²) in [5.74, 6) is 3.99.